The molecule has 0 atom stereocenters. The summed E-state index contributed by atoms with van der Waals surface area (Å²) in [5.41, 5.74) is 4.78. The molecule has 0 saturated carbocycles. The highest BCUT2D eigenvalue weighted by Gasteiger charge is 2.03. The fourth-order valence-electron chi connectivity index (χ4n) is 2.25. The number of unbranched alkanes of at least 4 members (excludes halogenated alkanes) is 1. The Morgan fingerprint density at radius 1 is 1.23 bits per heavy atom. The monoisotopic (exact) mass is 313 g/mol. The van der Waals surface area contributed by atoms with Crippen molar-refractivity contribution in [1.82, 2.24) is 10.3 Å². The summed E-state index contributed by atoms with van der Waals surface area (Å²) >= 11 is 5.36. The topological polar surface area (TPSA) is 37.0 Å². The summed E-state index contributed by atoms with van der Waals surface area (Å²) < 4.78 is 0. The van der Waals surface area contributed by atoms with Gasteiger partial charge in [-0.05, 0) is 60.8 Å². The molecule has 2 N–H and O–H groups in total. The molecule has 4 heteroatoms. The van der Waals surface area contributed by atoms with Crippen molar-refractivity contribution in [3.05, 3.63) is 59.4 Å². The quantitative estimate of drug-likeness (QED) is 0.783. The molecule has 0 saturated heterocycles. The number of thiocarbonyl (C=S) groups is 1. The standard InChI is InChI=1S/C18H23N3S/c1-3-4-6-15-8-9-17(14(2)11-15)21-18(22)20-13-16-7-5-10-19-12-16/h5,7-12H,3-4,6,13H2,1-2H3,(H2,20,21,22). The lowest BCUT2D eigenvalue weighted by molar-refractivity contribution is 0.794. The molecule has 3 nitrogen and oxygen atoms in total. The van der Waals surface area contributed by atoms with E-state index in [1.165, 1.54) is 24.0 Å². The second-order valence-corrected chi connectivity index (χ2v) is 5.83. The molecular weight excluding hydrogens is 290 g/mol. The first-order valence-electron chi connectivity index (χ1n) is 7.72. The van der Waals surface area contributed by atoms with Crippen molar-refractivity contribution in [2.24, 2.45) is 0 Å². The maximum atomic E-state index is 5.36. The molecule has 0 unspecified atom stereocenters. The first-order chi connectivity index (χ1) is 10.7. The van der Waals surface area contributed by atoms with E-state index in [4.69, 9.17) is 12.2 Å². The average Bonchev–Trinajstić information content (AvgIpc) is 2.54. The fourth-order valence-corrected chi connectivity index (χ4v) is 2.44. The number of pyridine rings is 1. The molecule has 2 rings (SSSR count). The Morgan fingerprint density at radius 3 is 2.77 bits per heavy atom. The highest BCUT2D eigenvalue weighted by atomic mass is 32.1. The lowest BCUT2D eigenvalue weighted by Gasteiger charge is -2.13. The van der Waals surface area contributed by atoms with Crippen LogP contribution < -0.4 is 10.6 Å². The molecule has 0 aliphatic heterocycles. The van der Waals surface area contributed by atoms with Crippen LogP contribution >= 0.6 is 12.2 Å². The SMILES string of the molecule is CCCCc1ccc(NC(=S)NCc2cccnc2)c(C)c1. The van der Waals surface area contributed by atoms with Crippen molar-refractivity contribution >= 4 is 23.0 Å². The Morgan fingerprint density at radius 2 is 2.09 bits per heavy atom. The van der Waals surface area contributed by atoms with E-state index in [0.29, 0.717) is 11.7 Å². The molecule has 2 aromatic rings. The second-order valence-electron chi connectivity index (χ2n) is 5.42. The Kier molecular flexibility index (Phi) is 6.34. The van der Waals surface area contributed by atoms with Crippen LogP contribution in [0.4, 0.5) is 5.69 Å². The van der Waals surface area contributed by atoms with Crippen molar-refractivity contribution in [1.29, 1.82) is 0 Å². The smallest absolute Gasteiger partial charge is 0.171 e. The molecule has 0 amide bonds. The van der Waals surface area contributed by atoms with Crippen molar-refractivity contribution in [3.63, 3.8) is 0 Å². The highest BCUT2D eigenvalue weighted by molar-refractivity contribution is 7.80. The number of nitrogens with zero attached hydrogens (tertiary/aromatic N) is 1. The van der Waals surface area contributed by atoms with Gasteiger partial charge < -0.3 is 10.6 Å². The number of anilines is 1. The van der Waals surface area contributed by atoms with Crippen LogP contribution in [0.3, 0.4) is 0 Å². The molecule has 116 valence electrons. The van der Waals surface area contributed by atoms with E-state index in [1.54, 1.807) is 6.20 Å². The van der Waals surface area contributed by atoms with Crippen molar-refractivity contribution in [2.45, 2.75) is 39.7 Å². The van der Waals surface area contributed by atoms with Crippen molar-refractivity contribution in [2.75, 3.05) is 5.32 Å². The zero-order valence-corrected chi connectivity index (χ0v) is 14.0. The maximum Gasteiger partial charge on any atom is 0.171 e. The molecule has 0 aliphatic rings. The Labute approximate surface area is 138 Å². The normalized spacial score (nSPS) is 10.3. The molecular formula is C18H23N3S. The van der Waals surface area contributed by atoms with Gasteiger partial charge in [0.15, 0.2) is 5.11 Å². The van der Waals surface area contributed by atoms with Gasteiger partial charge in [0.25, 0.3) is 0 Å². The van der Waals surface area contributed by atoms with Gasteiger partial charge in [0.1, 0.15) is 0 Å². The molecule has 1 aromatic carbocycles. The molecule has 1 heterocycles. The third-order valence-corrected chi connectivity index (χ3v) is 3.78. The minimum atomic E-state index is 0.633. The van der Waals surface area contributed by atoms with Crippen LogP contribution in [0.1, 0.15) is 36.5 Å². The van der Waals surface area contributed by atoms with E-state index in [2.05, 4.69) is 47.7 Å². The number of hydrogen-bond donors (Lipinski definition) is 2. The van der Waals surface area contributed by atoms with E-state index < -0.39 is 0 Å². The molecule has 0 fully saturated rings. The Hall–Kier alpha value is -1.94. The minimum absolute atomic E-state index is 0.633. The van der Waals surface area contributed by atoms with Crippen LogP contribution in [0.25, 0.3) is 0 Å². The predicted octanol–water partition coefficient (Wildman–Crippen LogP) is 4.22. The van der Waals surface area contributed by atoms with Crippen LogP contribution in [0, 0.1) is 6.92 Å². The first-order valence-corrected chi connectivity index (χ1v) is 8.13. The lowest BCUT2D eigenvalue weighted by Crippen LogP contribution is -2.28. The summed E-state index contributed by atoms with van der Waals surface area (Å²) in [5.74, 6) is 0. The summed E-state index contributed by atoms with van der Waals surface area (Å²) in [4.78, 5) is 4.09. The van der Waals surface area contributed by atoms with E-state index in [9.17, 15) is 0 Å². The number of hydrogen-bond acceptors (Lipinski definition) is 2. The third kappa shape index (κ3) is 5.11. The number of aryl methyl sites for hydroxylation is 2. The summed E-state index contributed by atoms with van der Waals surface area (Å²) in [6.45, 7) is 5.00. The van der Waals surface area contributed by atoms with Crippen LogP contribution in [-0.2, 0) is 13.0 Å². The predicted molar refractivity (Wildman–Crippen MR) is 97.1 cm³/mol. The summed E-state index contributed by atoms with van der Waals surface area (Å²) in [6, 6.07) is 10.5. The molecule has 22 heavy (non-hydrogen) atoms. The fraction of sp³-hybridized carbons (Fsp3) is 0.333. The lowest BCUT2D eigenvalue weighted by atomic mass is 10.0. The van der Waals surface area contributed by atoms with Gasteiger partial charge in [0, 0.05) is 24.6 Å². The van der Waals surface area contributed by atoms with Gasteiger partial charge >= 0.3 is 0 Å². The highest BCUT2D eigenvalue weighted by Crippen LogP contribution is 2.18. The molecule has 1 aromatic heterocycles. The largest absolute Gasteiger partial charge is 0.358 e. The van der Waals surface area contributed by atoms with Crippen molar-refractivity contribution < 1.29 is 0 Å². The molecule has 0 spiro atoms. The average molecular weight is 313 g/mol. The number of nitrogens with one attached hydrogen (secondary N) is 2. The van der Waals surface area contributed by atoms with Crippen LogP contribution in [0.15, 0.2) is 42.7 Å². The van der Waals surface area contributed by atoms with Gasteiger partial charge in [-0.3, -0.25) is 4.98 Å². The molecule has 0 radical (unpaired) electrons. The van der Waals surface area contributed by atoms with Crippen LogP contribution in [0.2, 0.25) is 0 Å². The number of aromatic nitrogens is 1. The first kappa shape index (κ1) is 16.4. The van der Waals surface area contributed by atoms with Crippen LogP contribution in [-0.4, -0.2) is 10.1 Å². The maximum absolute atomic E-state index is 5.36. The zero-order chi connectivity index (χ0) is 15.8. The second kappa shape index (κ2) is 8.49. The Balaban J connectivity index is 1.88. The van der Waals surface area contributed by atoms with E-state index in [0.717, 1.165) is 17.7 Å². The third-order valence-electron chi connectivity index (χ3n) is 3.53. The summed E-state index contributed by atoms with van der Waals surface area (Å²) in [5, 5.41) is 7.10. The van der Waals surface area contributed by atoms with Gasteiger partial charge in [-0.1, -0.05) is 31.5 Å². The van der Waals surface area contributed by atoms with E-state index in [1.807, 2.05) is 18.3 Å². The number of benzene rings is 1. The van der Waals surface area contributed by atoms with Gasteiger partial charge in [-0.15, -0.1) is 0 Å². The molecule has 0 bridgehead atoms. The summed E-state index contributed by atoms with van der Waals surface area (Å²) in [6.07, 6.45) is 7.20. The number of rotatable bonds is 6. The van der Waals surface area contributed by atoms with Gasteiger partial charge in [0.2, 0.25) is 0 Å². The van der Waals surface area contributed by atoms with E-state index in [-0.39, 0.29) is 0 Å². The minimum Gasteiger partial charge on any atom is -0.358 e. The Bertz CT molecular complexity index is 611. The zero-order valence-electron chi connectivity index (χ0n) is 13.2. The van der Waals surface area contributed by atoms with Gasteiger partial charge in [-0.25, -0.2) is 0 Å². The van der Waals surface area contributed by atoms with Gasteiger partial charge in [-0.2, -0.15) is 0 Å². The van der Waals surface area contributed by atoms with Gasteiger partial charge in [0.05, 0.1) is 0 Å². The van der Waals surface area contributed by atoms with Crippen LogP contribution in [0.5, 0.6) is 0 Å². The van der Waals surface area contributed by atoms with E-state index >= 15 is 0 Å². The molecule has 0 aliphatic carbocycles. The van der Waals surface area contributed by atoms with Crippen molar-refractivity contribution in [3.8, 4) is 0 Å². The summed E-state index contributed by atoms with van der Waals surface area (Å²) in [7, 11) is 0.